The molecule has 19 heavy (non-hydrogen) atoms. The summed E-state index contributed by atoms with van der Waals surface area (Å²) in [5.74, 6) is -1.45. The molecule has 0 aromatic heterocycles. The van der Waals surface area contributed by atoms with Gasteiger partial charge >= 0.3 is 5.97 Å². The number of benzene rings is 1. The predicted octanol–water partition coefficient (Wildman–Crippen LogP) is 0.165. The highest BCUT2D eigenvalue weighted by atomic mass is 16.5. The van der Waals surface area contributed by atoms with E-state index in [1.54, 1.807) is 37.4 Å². The summed E-state index contributed by atoms with van der Waals surface area (Å²) in [6, 6.07) is 7.55. The van der Waals surface area contributed by atoms with Crippen molar-refractivity contribution in [1.82, 2.24) is 10.6 Å². The number of rotatable bonds is 8. The van der Waals surface area contributed by atoms with Gasteiger partial charge in [0.1, 0.15) is 0 Å². The number of amides is 1. The van der Waals surface area contributed by atoms with E-state index in [1.807, 2.05) is 0 Å². The summed E-state index contributed by atoms with van der Waals surface area (Å²) >= 11 is 0. The molecule has 0 aliphatic rings. The molecule has 0 heterocycles. The number of aliphatic carboxylic acids is 1. The average Bonchev–Trinajstić information content (AvgIpc) is 2.41. The molecule has 0 spiro atoms. The van der Waals surface area contributed by atoms with Crippen molar-refractivity contribution in [2.75, 3.05) is 26.8 Å². The maximum atomic E-state index is 11.6. The highest BCUT2D eigenvalue weighted by Gasteiger charge is 2.21. The zero-order chi connectivity index (χ0) is 14.1. The highest BCUT2D eigenvalue weighted by molar-refractivity contribution is 5.85. The van der Waals surface area contributed by atoms with Crippen molar-refractivity contribution in [2.24, 2.45) is 0 Å². The molecule has 1 rings (SSSR count). The van der Waals surface area contributed by atoms with Gasteiger partial charge < -0.3 is 20.5 Å². The lowest BCUT2D eigenvalue weighted by Crippen LogP contribution is -2.40. The summed E-state index contributed by atoms with van der Waals surface area (Å²) in [5.41, 5.74) is 0.542. The maximum absolute atomic E-state index is 11.6. The molecule has 0 aliphatic heterocycles. The molecule has 0 unspecified atom stereocenters. The predicted molar refractivity (Wildman–Crippen MR) is 69.7 cm³/mol. The Morgan fingerprint density at radius 3 is 2.58 bits per heavy atom. The van der Waals surface area contributed by atoms with Crippen molar-refractivity contribution in [3.63, 3.8) is 0 Å². The van der Waals surface area contributed by atoms with Crippen molar-refractivity contribution in [3.8, 4) is 0 Å². The molecule has 3 N–H and O–H groups in total. The number of hydrogen-bond acceptors (Lipinski definition) is 4. The van der Waals surface area contributed by atoms with Gasteiger partial charge in [0, 0.05) is 13.7 Å². The molecule has 0 saturated heterocycles. The largest absolute Gasteiger partial charge is 0.479 e. The second-order valence-corrected chi connectivity index (χ2v) is 3.92. The van der Waals surface area contributed by atoms with Crippen LogP contribution in [0, 0.1) is 0 Å². The van der Waals surface area contributed by atoms with Crippen LogP contribution in [0.3, 0.4) is 0 Å². The standard InChI is InChI=1S/C13H18N2O4/c1-19-8-7-14-9-11(16)15-12(13(17)18)10-5-3-2-4-6-10/h2-6,12,14H,7-9H2,1H3,(H,15,16)(H,17,18)/t12-/m1/s1. The molecule has 1 aromatic carbocycles. The minimum Gasteiger partial charge on any atom is -0.479 e. The van der Waals surface area contributed by atoms with E-state index in [4.69, 9.17) is 9.84 Å². The Morgan fingerprint density at radius 2 is 2.00 bits per heavy atom. The minimum absolute atomic E-state index is 0.0555. The fraction of sp³-hybridized carbons (Fsp3) is 0.385. The van der Waals surface area contributed by atoms with E-state index in [1.165, 1.54) is 0 Å². The first-order valence-corrected chi connectivity index (χ1v) is 5.92. The van der Waals surface area contributed by atoms with Crippen molar-refractivity contribution in [2.45, 2.75) is 6.04 Å². The Labute approximate surface area is 111 Å². The normalized spacial score (nSPS) is 11.8. The van der Waals surface area contributed by atoms with Gasteiger partial charge in [0.15, 0.2) is 6.04 Å². The third-order valence-corrected chi connectivity index (χ3v) is 2.45. The van der Waals surface area contributed by atoms with Crippen LogP contribution in [-0.2, 0) is 14.3 Å². The molecule has 0 radical (unpaired) electrons. The molecule has 1 aromatic rings. The van der Waals surface area contributed by atoms with Crippen molar-refractivity contribution in [1.29, 1.82) is 0 Å². The molecule has 6 nitrogen and oxygen atoms in total. The zero-order valence-electron chi connectivity index (χ0n) is 10.8. The summed E-state index contributed by atoms with van der Waals surface area (Å²) in [5, 5.41) is 14.4. The number of methoxy groups -OCH3 is 1. The smallest absolute Gasteiger partial charge is 0.330 e. The van der Waals surface area contributed by atoms with E-state index in [2.05, 4.69) is 10.6 Å². The third kappa shape index (κ3) is 5.50. The number of carboxylic acid groups (broad SMARTS) is 1. The van der Waals surface area contributed by atoms with Crippen LogP contribution in [0.5, 0.6) is 0 Å². The molecule has 1 atom stereocenters. The van der Waals surface area contributed by atoms with Crippen molar-refractivity contribution in [3.05, 3.63) is 35.9 Å². The first-order valence-electron chi connectivity index (χ1n) is 5.92. The summed E-state index contributed by atoms with van der Waals surface area (Å²) in [7, 11) is 1.57. The molecule has 0 aliphatic carbocycles. The van der Waals surface area contributed by atoms with Gasteiger partial charge in [0.05, 0.1) is 13.2 Å². The Bertz CT molecular complexity index is 408. The van der Waals surface area contributed by atoms with Crippen LogP contribution in [-0.4, -0.2) is 43.8 Å². The highest BCUT2D eigenvalue weighted by Crippen LogP contribution is 2.12. The second kappa shape index (κ2) is 8.23. The van der Waals surface area contributed by atoms with Gasteiger partial charge in [-0.25, -0.2) is 4.79 Å². The minimum atomic E-state index is -1.09. The lowest BCUT2D eigenvalue weighted by molar-refractivity contribution is -0.141. The Kier molecular flexibility index (Phi) is 6.56. The molecule has 0 bridgehead atoms. The Balaban J connectivity index is 2.51. The van der Waals surface area contributed by atoms with E-state index in [9.17, 15) is 9.59 Å². The third-order valence-electron chi connectivity index (χ3n) is 2.45. The number of ether oxygens (including phenoxy) is 1. The lowest BCUT2D eigenvalue weighted by Gasteiger charge is -2.15. The van der Waals surface area contributed by atoms with E-state index >= 15 is 0 Å². The van der Waals surface area contributed by atoms with Crippen LogP contribution in [0.2, 0.25) is 0 Å². The van der Waals surface area contributed by atoms with Crippen LogP contribution < -0.4 is 10.6 Å². The molecular weight excluding hydrogens is 248 g/mol. The van der Waals surface area contributed by atoms with E-state index in [0.29, 0.717) is 18.7 Å². The second-order valence-electron chi connectivity index (χ2n) is 3.92. The fourth-order valence-corrected chi connectivity index (χ4v) is 1.52. The van der Waals surface area contributed by atoms with Crippen LogP contribution in [0.1, 0.15) is 11.6 Å². The maximum Gasteiger partial charge on any atom is 0.330 e. The van der Waals surface area contributed by atoms with Crippen LogP contribution in [0.4, 0.5) is 0 Å². The number of carbonyl (C=O) groups excluding carboxylic acids is 1. The fourth-order valence-electron chi connectivity index (χ4n) is 1.52. The molecular formula is C13H18N2O4. The topological polar surface area (TPSA) is 87.7 Å². The van der Waals surface area contributed by atoms with Crippen LogP contribution >= 0.6 is 0 Å². The first kappa shape index (κ1) is 15.1. The van der Waals surface area contributed by atoms with E-state index < -0.39 is 12.0 Å². The Hall–Kier alpha value is -1.92. The van der Waals surface area contributed by atoms with Crippen LogP contribution in [0.15, 0.2) is 30.3 Å². The van der Waals surface area contributed by atoms with Crippen molar-refractivity contribution < 1.29 is 19.4 Å². The van der Waals surface area contributed by atoms with E-state index in [0.717, 1.165) is 0 Å². The number of hydrogen-bond donors (Lipinski definition) is 3. The van der Waals surface area contributed by atoms with Gasteiger partial charge in [-0.15, -0.1) is 0 Å². The van der Waals surface area contributed by atoms with Crippen LogP contribution in [0.25, 0.3) is 0 Å². The molecule has 0 fully saturated rings. The number of carbonyl (C=O) groups is 2. The monoisotopic (exact) mass is 266 g/mol. The molecule has 104 valence electrons. The van der Waals surface area contributed by atoms with Gasteiger partial charge in [-0.2, -0.15) is 0 Å². The van der Waals surface area contributed by atoms with Crippen molar-refractivity contribution >= 4 is 11.9 Å². The lowest BCUT2D eigenvalue weighted by atomic mass is 10.1. The van der Waals surface area contributed by atoms with Gasteiger partial charge in [0.2, 0.25) is 5.91 Å². The van der Waals surface area contributed by atoms with Gasteiger partial charge in [-0.05, 0) is 5.56 Å². The van der Waals surface area contributed by atoms with Gasteiger partial charge in [-0.1, -0.05) is 30.3 Å². The van der Waals surface area contributed by atoms with E-state index in [-0.39, 0.29) is 12.5 Å². The van der Waals surface area contributed by atoms with Gasteiger partial charge in [-0.3, -0.25) is 4.79 Å². The summed E-state index contributed by atoms with van der Waals surface area (Å²) in [6.07, 6.45) is 0. The molecule has 6 heteroatoms. The molecule has 0 saturated carbocycles. The summed E-state index contributed by atoms with van der Waals surface area (Å²) < 4.78 is 4.82. The zero-order valence-corrected chi connectivity index (χ0v) is 10.8. The quantitative estimate of drug-likeness (QED) is 0.584. The summed E-state index contributed by atoms with van der Waals surface area (Å²) in [4.78, 5) is 22.8. The first-order chi connectivity index (χ1) is 9.15. The SMILES string of the molecule is COCCNCC(=O)N[C@@H](C(=O)O)c1ccccc1. The Morgan fingerprint density at radius 1 is 1.32 bits per heavy atom. The summed E-state index contributed by atoms with van der Waals surface area (Å²) in [6.45, 7) is 1.08. The number of carboxylic acids is 1. The van der Waals surface area contributed by atoms with Gasteiger partial charge in [0.25, 0.3) is 0 Å². The average molecular weight is 266 g/mol. The molecule has 1 amide bonds. The number of nitrogens with one attached hydrogen (secondary N) is 2.